The van der Waals surface area contributed by atoms with Gasteiger partial charge in [0.15, 0.2) is 0 Å². The third-order valence-corrected chi connectivity index (χ3v) is 7.39. The molecule has 0 aliphatic heterocycles. The number of methoxy groups -OCH3 is 2. The van der Waals surface area contributed by atoms with E-state index in [9.17, 15) is 5.11 Å². The Labute approximate surface area is 420 Å². The van der Waals surface area contributed by atoms with Crippen LogP contribution in [0.2, 0.25) is 0 Å². The van der Waals surface area contributed by atoms with Gasteiger partial charge in [0.1, 0.15) is 11.5 Å². The van der Waals surface area contributed by atoms with E-state index in [1.807, 2.05) is 76.5 Å². The van der Waals surface area contributed by atoms with Crippen LogP contribution < -0.4 is 75.6 Å². The molecule has 394 valence electrons. The van der Waals surface area contributed by atoms with Crippen molar-refractivity contribution in [3.8, 4) is 11.5 Å². The van der Waals surface area contributed by atoms with Crippen molar-refractivity contribution in [2.45, 2.75) is 60.0 Å². The number of hydrogen-bond acceptors (Lipinski definition) is 24. The Morgan fingerprint density at radius 2 is 0.809 bits per heavy atom. The molecule has 4 aromatic heterocycles. The number of pyridine rings is 4. The Morgan fingerprint density at radius 1 is 0.544 bits per heavy atom. The predicted molar refractivity (Wildman–Crippen MR) is 194 cm³/mol. The van der Waals surface area contributed by atoms with Gasteiger partial charge in [0, 0.05) is 80.3 Å². The molecule has 68 heavy (non-hydrogen) atoms. The first-order chi connectivity index (χ1) is 28.3. The third-order valence-electron chi connectivity index (χ3n) is 7.39. The quantitative estimate of drug-likeness (QED) is 0.0905. The van der Waals surface area contributed by atoms with Crippen molar-refractivity contribution in [2.75, 3.05) is 41.5 Å². The predicted octanol–water partition coefficient (Wildman–Crippen LogP) is -15.4. The summed E-state index contributed by atoms with van der Waals surface area (Å²) in [4.78, 5) is 22.7. The van der Waals surface area contributed by atoms with E-state index in [1.165, 1.54) is 0 Å². The number of aromatic nitrogens is 4. The first-order valence-corrected chi connectivity index (χ1v) is 20.6. The number of aryl methyl sites for hydroxylation is 2. The van der Waals surface area contributed by atoms with E-state index in [4.69, 9.17) is 85.6 Å². The van der Waals surface area contributed by atoms with Gasteiger partial charge in [-0.3, -0.25) is 29.7 Å². The molecule has 1 atom stereocenters. The van der Waals surface area contributed by atoms with Crippen LogP contribution in [0.3, 0.4) is 0 Å². The fourth-order valence-electron chi connectivity index (χ4n) is 5.33. The van der Waals surface area contributed by atoms with Crippen molar-refractivity contribution in [3.63, 3.8) is 0 Å². The van der Waals surface area contributed by atoms with Crippen LogP contribution >= 0.6 is 0 Å². The van der Waals surface area contributed by atoms with Gasteiger partial charge in [-0.25, -0.2) is 55.9 Å². The first-order valence-electron chi connectivity index (χ1n) is 16.9. The van der Waals surface area contributed by atoms with Crippen LogP contribution in [0.4, 0.5) is 0 Å². The summed E-state index contributed by atoms with van der Waals surface area (Å²) in [6.45, 7) is 10.7. The number of aliphatic hydroxyl groups is 1. The fraction of sp³-hybridized carbons (Fsp3) is 0.429. The van der Waals surface area contributed by atoms with Gasteiger partial charge in [-0.2, -0.15) is 7.11 Å². The molecule has 4 aromatic rings. The van der Waals surface area contributed by atoms with Crippen LogP contribution in [0, 0.1) is 58.4 Å². The molecule has 0 unspecified atom stereocenters. The number of ether oxygens (including phenoxy) is 2. The summed E-state index contributed by atoms with van der Waals surface area (Å²) in [6, 6.07) is 11.7. The second kappa shape index (κ2) is 44.2. The summed E-state index contributed by atoms with van der Waals surface area (Å²) in [6.07, 6.45) is 6.31. The van der Waals surface area contributed by atoms with Gasteiger partial charge >= 0.3 is 34.1 Å². The molecule has 0 radical (unpaired) electrons. The van der Waals surface area contributed by atoms with Crippen molar-refractivity contribution >= 4 is 0 Å². The molecule has 0 saturated heterocycles. The zero-order valence-electron chi connectivity index (χ0n) is 37.7. The van der Waals surface area contributed by atoms with Gasteiger partial charge < -0.3 is 52.2 Å². The molecule has 4 heterocycles. The minimum absolute atomic E-state index is 0. The van der Waals surface area contributed by atoms with E-state index in [1.54, 1.807) is 26.6 Å². The minimum Gasteiger partial charge on any atom is -0.870 e. The van der Waals surface area contributed by atoms with E-state index < -0.39 is 36.8 Å². The fourth-order valence-corrected chi connectivity index (χ4v) is 5.33. The minimum atomic E-state index is -4.94. The summed E-state index contributed by atoms with van der Waals surface area (Å²) in [5.74, 6) is 1.64. The topological polar surface area (TPSA) is 579 Å². The maximum Gasteiger partial charge on any atom is 4.00 e. The SMILES string of the molecule is CO.COc1c(C)cnc(CN(Cc2ncc(C)c(OC)c2C)C[C@@H]([O-])CN(Cc2ccccn2)Cc2ccccn2)c1C.C[O-].O.O.[Fe+4].[Fe+4].[O-][Cl+3]([O-])([O-])[O-].[O-][Cl+3]([O-])([O-])[O-].[O-][Cl+3]([O-])([O-])[O-].[OH-].[OH3+].[OH3+]. The molecule has 12 N–H and O–H groups in total. The molecule has 0 bridgehead atoms. The maximum atomic E-state index is 13.8. The second-order valence-corrected chi connectivity index (χ2v) is 14.1. The zero-order valence-corrected chi connectivity index (χ0v) is 42.2. The molecule has 0 amide bonds. The molecule has 0 saturated carbocycles. The van der Waals surface area contributed by atoms with Gasteiger partial charge in [0.25, 0.3) is 0 Å². The van der Waals surface area contributed by atoms with Crippen LogP contribution in [-0.4, -0.2) is 98.9 Å². The Bertz CT molecular complexity index is 1630. The molecular formula is C35H59Cl3Fe2N6O22+4. The normalized spacial score (nSPS) is 10.3. The van der Waals surface area contributed by atoms with Crippen LogP contribution in [0.1, 0.15) is 45.0 Å². The number of nitrogens with zero attached hydrogens (tertiary/aromatic N) is 6. The second-order valence-electron chi connectivity index (χ2n) is 11.8. The molecule has 0 fully saturated rings. The maximum absolute atomic E-state index is 13.8. The van der Waals surface area contributed by atoms with Crippen molar-refractivity contribution in [1.29, 1.82) is 0 Å². The van der Waals surface area contributed by atoms with Gasteiger partial charge in [0.2, 0.25) is 0 Å². The average Bonchev–Trinajstić information content (AvgIpc) is 3.15. The Morgan fingerprint density at radius 3 is 1.04 bits per heavy atom. The molecule has 0 aliphatic carbocycles. The molecule has 0 spiro atoms. The molecule has 0 aromatic carbocycles. The van der Waals surface area contributed by atoms with E-state index in [2.05, 4.69) is 19.8 Å². The van der Waals surface area contributed by atoms with Gasteiger partial charge in [-0.1, -0.05) is 12.1 Å². The van der Waals surface area contributed by atoms with Crippen molar-refractivity contribution in [3.05, 3.63) is 106 Å². The monoisotopic (exact) mass is 1130 g/mol. The van der Waals surface area contributed by atoms with E-state index in [-0.39, 0.29) is 61.5 Å². The van der Waals surface area contributed by atoms with E-state index in [0.29, 0.717) is 39.3 Å². The summed E-state index contributed by atoms with van der Waals surface area (Å²) in [5.41, 5.74) is 7.48. The summed E-state index contributed by atoms with van der Waals surface area (Å²) < 4.78 is 113. The smallest absolute Gasteiger partial charge is 0.870 e. The number of rotatable bonds is 14. The summed E-state index contributed by atoms with van der Waals surface area (Å²) in [7, 11) is -9.73. The van der Waals surface area contributed by atoms with Gasteiger partial charge in [-0.05, 0) is 65.0 Å². The van der Waals surface area contributed by atoms with Crippen LogP contribution in [0.15, 0.2) is 61.2 Å². The van der Waals surface area contributed by atoms with Gasteiger partial charge in [0.05, 0.1) is 37.0 Å². The Kier molecular flexibility index (Phi) is 55.3. The Hall–Kier alpha value is -2.77. The van der Waals surface area contributed by atoms with E-state index in [0.717, 1.165) is 70.7 Å². The molecule has 0 aliphatic rings. The van der Waals surface area contributed by atoms with Crippen LogP contribution in [-0.2, 0) is 71.3 Å². The molecular weight excluding hydrogens is 1070 g/mol. The van der Waals surface area contributed by atoms with Crippen LogP contribution in [0.5, 0.6) is 11.5 Å². The number of hydrogen-bond donors (Lipinski definition) is 1. The molecule has 33 heteroatoms. The van der Waals surface area contributed by atoms with E-state index >= 15 is 0 Å². The summed E-state index contributed by atoms with van der Waals surface area (Å²) >= 11 is 0. The average molecular weight is 1130 g/mol. The zero-order chi connectivity index (χ0) is 47.6. The standard InChI is InChI=1S/C33H41N6O3.CH4O.CH3O.3ClHO4.2Fe.5H2O/c1-23-15-36-30(25(3)32(23)41-5)21-39(22-31-26(4)33(42-6)24(2)16-37-31)20-29(40)19-38(17-27-11-7-9-13-34-27)18-28-12-8-10-14-35-28;2*1-2;3*2-1(3,4)5;;;;;;;/h7-16,29H,17-22H2,1-6H3;2H,1H3;1H3;3*(H,2,3,4,5);;;5*1H2/q-1;;-1;;;;2*+4;;;;;/p-2/t29-;;;;;;;;;;;;/m0............/s1. The van der Waals surface area contributed by atoms with Gasteiger partial charge in [-0.15, -0.1) is 36.8 Å². The number of aliphatic hydroxyl groups excluding tert-OH is 1. The first kappa shape index (κ1) is 85.1. The van der Waals surface area contributed by atoms with Crippen molar-refractivity contribution in [2.24, 2.45) is 0 Å². The number of halogens is 3. The van der Waals surface area contributed by atoms with Crippen molar-refractivity contribution < 1.29 is 173 Å². The summed E-state index contributed by atoms with van der Waals surface area (Å²) in [5, 5.41) is 29.1. The van der Waals surface area contributed by atoms with Crippen molar-refractivity contribution in [1.82, 2.24) is 29.7 Å². The largest absolute Gasteiger partial charge is 4.00 e. The molecule has 28 nitrogen and oxygen atoms in total. The third kappa shape index (κ3) is 43.3. The Balaban J connectivity index is -0.000000164. The molecule has 4 rings (SSSR count). The van der Waals surface area contributed by atoms with Crippen LogP contribution in [0.25, 0.3) is 0 Å².